The second-order valence-electron chi connectivity index (χ2n) is 7.26. The predicted molar refractivity (Wildman–Crippen MR) is 98.9 cm³/mol. The van der Waals surface area contributed by atoms with Gasteiger partial charge in [-0.15, -0.1) is 0 Å². The molecule has 27 heavy (non-hydrogen) atoms. The van der Waals surface area contributed by atoms with Crippen LogP contribution in [0.4, 0.5) is 5.69 Å². The van der Waals surface area contributed by atoms with Crippen molar-refractivity contribution in [2.45, 2.75) is 58.3 Å². The highest BCUT2D eigenvalue weighted by atomic mass is 16.2. The molecular formula is C19H24N4O4. The van der Waals surface area contributed by atoms with Crippen molar-refractivity contribution in [2.24, 2.45) is 0 Å². The maximum absolute atomic E-state index is 12.8. The van der Waals surface area contributed by atoms with Crippen molar-refractivity contribution in [1.82, 2.24) is 15.5 Å². The van der Waals surface area contributed by atoms with Gasteiger partial charge in [-0.1, -0.05) is 6.07 Å². The quantitative estimate of drug-likeness (QED) is 0.662. The third-order valence-electron chi connectivity index (χ3n) is 4.78. The van der Waals surface area contributed by atoms with Crippen molar-refractivity contribution in [1.29, 1.82) is 0 Å². The number of piperidine rings is 1. The van der Waals surface area contributed by atoms with Crippen molar-refractivity contribution in [3.8, 4) is 0 Å². The van der Waals surface area contributed by atoms with Crippen LogP contribution in [0.2, 0.25) is 0 Å². The molecule has 1 saturated heterocycles. The summed E-state index contributed by atoms with van der Waals surface area (Å²) in [5.41, 5.74) is 1.97. The van der Waals surface area contributed by atoms with E-state index < -0.39 is 18.0 Å². The van der Waals surface area contributed by atoms with E-state index >= 15 is 0 Å². The van der Waals surface area contributed by atoms with Crippen molar-refractivity contribution < 1.29 is 19.2 Å². The lowest BCUT2D eigenvalue weighted by Gasteiger charge is -2.29. The van der Waals surface area contributed by atoms with E-state index in [0.717, 1.165) is 5.56 Å². The molecule has 0 saturated carbocycles. The molecule has 2 heterocycles. The molecule has 0 spiro atoms. The Labute approximate surface area is 157 Å². The van der Waals surface area contributed by atoms with Crippen LogP contribution in [0.1, 0.15) is 49.5 Å². The Morgan fingerprint density at radius 3 is 2.63 bits per heavy atom. The number of anilines is 1. The number of fused-ring (bicyclic) bond motifs is 1. The van der Waals surface area contributed by atoms with Crippen LogP contribution in [-0.4, -0.2) is 46.7 Å². The smallest absolute Gasteiger partial charge is 0.255 e. The van der Waals surface area contributed by atoms with Crippen LogP contribution >= 0.6 is 0 Å². The van der Waals surface area contributed by atoms with E-state index in [1.807, 2.05) is 19.9 Å². The largest absolute Gasteiger partial charge is 0.374 e. The number of hydrogen-bond donors (Lipinski definition) is 3. The van der Waals surface area contributed by atoms with E-state index in [9.17, 15) is 19.2 Å². The third-order valence-corrected chi connectivity index (χ3v) is 4.78. The second kappa shape index (κ2) is 7.38. The number of nitrogens with one attached hydrogen (secondary N) is 3. The first-order valence-electron chi connectivity index (χ1n) is 9.11. The summed E-state index contributed by atoms with van der Waals surface area (Å²) in [4.78, 5) is 50.0. The molecule has 0 radical (unpaired) electrons. The molecule has 0 aromatic heterocycles. The molecule has 3 N–H and O–H groups in total. The van der Waals surface area contributed by atoms with Crippen molar-refractivity contribution in [2.75, 3.05) is 5.32 Å². The number of carbonyl (C=O) groups is 4. The summed E-state index contributed by atoms with van der Waals surface area (Å²) in [5.74, 6) is -1.12. The van der Waals surface area contributed by atoms with E-state index in [2.05, 4.69) is 16.0 Å². The Kier molecular flexibility index (Phi) is 5.16. The number of benzene rings is 1. The molecule has 1 aromatic carbocycles. The summed E-state index contributed by atoms with van der Waals surface area (Å²) in [6.07, 6.45) is 0.536. The van der Waals surface area contributed by atoms with Gasteiger partial charge in [0, 0.05) is 35.8 Å². The summed E-state index contributed by atoms with van der Waals surface area (Å²) in [7, 11) is 0. The number of carbonyl (C=O) groups excluding carboxylic acids is 4. The van der Waals surface area contributed by atoms with E-state index in [1.165, 1.54) is 4.90 Å². The fourth-order valence-electron chi connectivity index (χ4n) is 3.43. The van der Waals surface area contributed by atoms with Gasteiger partial charge in [0.05, 0.1) is 0 Å². The molecule has 2 unspecified atom stereocenters. The van der Waals surface area contributed by atoms with Gasteiger partial charge in [0.25, 0.3) is 5.91 Å². The maximum atomic E-state index is 12.8. The highest BCUT2D eigenvalue weighted by molar-refractivity contribution is 6.06. The molecule has 3 rings (SSSR count). The monoisotopic (exact) mass is 372 g/mol. The average molecular weight is 372 g/mol. The average Bonchev–Trinajstić information content (AvgIpc) is 2.92. The van der Waals surface area contributed by atoms with Gasteiger partial charge in [0.15, 0.2) is 0 Å². The van der Waals surface area contributed by atoms with E-state index in [1.54, 1.807) is 19.1 Å². The summed E-state index contributed by atoms with van der Waals surface area (Å²) in [6.45, 7) is 5.80. The number of amides is 4. The van der Waals surface area contributed by atoms with E-state index in [-0.39, 0.29) is 36.7 Å². The normalized spacial score (nSPS) is 20.4. The molecule has 0 aliphatic carbocycles. The number of imide groups is 1. The first kappa shape index (κ1) is 18.9. The number of hydrogen-bond acceptors (Lipinski definition) is 5. The highest BCUT2D eigenvalue weighted by Crippen LogP contribution is 2.32. The van der Waals surface area contributed by atoms with Gasteiger partial charge >= 0.3 is 0 Å². The van der Waals surface area contributed by atoms with Crippen molar-refractivity contribution >= 4 is 29.3 Å². The van der Waals surface area contributed by atoms with E-state index in [0.29, 0.717) is 17.7 Å². The number of nitrogens with zero attached hydrogens (tertiary/aromatic N) is 1. The lowest BCUT2D eigenvalue weighted by atomic mass is 10.0. The molecule has 0 bridgehead atoms. The maximum Gasteiger partial charge on any atom is 0.255 e. The fourth-order valence-corrected chi connectivity index (χ4v) is 3.43. The lowest BCUT2D eigenvalue weighted by molar-refractivity contribution is -0.137. The molecule has 2 atom stereocenters. The Bertz CT molecular complexity index is 805. The summed E-state index contributed by atoms with van der Waals surface area (Å²) in [6, 6.07) is 4.19. The van der Waals surface area contributed by atoms with Gasteiger partial charge in [-0.25, -0.2) is 0 Å². The Balaban J connectivity index is 1.78. The standard InChI is InChI=1S/C19H24N4O4/c1-10(2)20-17(25)11(3)21-14-6-4-5-12-13(14)9-23(19(12)27)15-7-8-16(24)22-18(15)26/h4-6,10-11,15,21H,7-9H2,1-3H3,(H,20,25)(H,22,24,26). The van der Waals surface area contributed by atoms with Gasteiger partial charge in [-0.2, -0.15) is 0 Å². The van der Waals surface area contributed by atoms with Gasteiger partial charge in [-0.3, -0.25) is 24.5 Å². The van der Waals surface area contributed by atoms with Gasteiger partial charge in [0.2, 0.25) is 17.7 Å². The molecular weight excluding hydrogens is 348 g/mol. The van der Waals surface area contributed by atoms with Crippen LogP contribution in [-0.2, 0) is 20.9 Å². The predicted octanol–water partition coefficient (Wildman–Crippen LogP) is 0.773. The highest BCUT2D eigenvalue weighted by Gasteiger charge is 2.40. The Hall–Kier alpha value is -2.90. The fraction of sp³-hybridized carbons (Fsp3) is 0.474. The molecule has 8 nitrogen and oxygen atoms in total. The van der Waals surface area contributed by atoms with Crippen LogP contribution in [0.25, 0.3) is 0 Å². The van der Waals surface area contributed by atoms with Crippen molar-refractivity contribution in [3.05, 3.63) is 29.3 Å². The van der Waals surface area contributed by atoms with Crippen LogP contribution in [0.15, 0.2) is 18.2 Å². The minimum Gasteiger partial charge on any atom is -0.374 e. The molecule has 1 aromatic rings. The lowest BCUT2D eigenvalue weighted by Crippen LogP contribution is -2.52. The zero-order valence-corrected chi connectivity index (χ0v) is 15.7. The first-order chi connectivity index (χ1) is 12.8. The molecule has 8 heteroatoms. The zero-order chi connectivity index (χ0) is 19.7. The van der Waals surface area contributed by atoms with Gasteiger partial charge in [-0.05, 0) is 39.3 Å². The molecule has 4 amide bonds. The van der Waals surface area contributed by atoms with Crippen LogP contribution in [0.5, 0.6) is 0 Å². The van der Waals surface area contributed by atoms with Crippen LogP contribution in [0.3, 0.4) is 0 Å². The van der Waals surface area contributed by atoms with Crippen LogP contribution in [0, 0.1) is 0 Å². The first-order valence-corrected chi connectivity index (χ1v) is 9.11. The molecule has 144 valence electrons. The van der Waals surface area contributed by atoms with Gasteiger partial charge < -0.3 is 15.5 Å². The summed E-state index contributed by atoms with van der Waals surface area (Å²) >= 11 is 0. The van der Waals surface area contributed by atoms with Crippen LogP contribution < -0.4 is 16.0 Å². The third kappa shape index (κ3) is 3.79. The second-order valence-corrected chi connectivity index (χ2v) is 7.26. The van der Waals surface area contributed by atoms with Crippen molar-refractivity contribution in [3.63, 3.8) is 0 Å². The molecule has 1 fully saturated rings. The Morgan fingerprint density at radius 2 is 1.96 bits per heavy atom. The minimum absolute atomic E-state index is 0.0350. The molecule has 2 aliphatic rings. The zero-order valence-electron chi connectivity index (χ0n) is 15.7. The Morgan fingerprint density at radius 1 is 1.22 bits per heavy atom. The number of rotatable bonds is 5. The van der Waals surface area contributed by atoms with Gasteiger partial charge in [0.1, 0.15) is 12.1 Å². The topological polar surface area (TPSA) is 108 Å². The minimum atomic E-state index is -0.655. The SMILES string of the molecule is CC(C)NC(=O)C(C)Nc1cccc2c1CN(C1CCC(=O)NC1=O)C2=O. The summed E-state index contributed by atoms with van der Waals surface area (Å²) < 4.78 is 0. The van der Waals surface area contributed by atoms with E-state index in [4.69, 9.17) is 0 Å². The summed E-state index contributed by atoms with van der Waals surface area (Å²) in [5, 5.41) is 8.30. The molecule has 2 aliphatic heterocycles.